The van der Waals surface area contributed by atoms with Gasteiger partial charge in [-0.1, -0.05) is 30.3 Å². The molecule has 146 valence electrons. The second kappa shape index (κ2) is 8.44. The smallest absolute Gasteiger partial charge is 0.222 e. The van der Waals surface area contributed by atoms with Crippen LogP contribution in [0.3, 0.4) is 0 Å². The molecular formula is C22H26N4O2. The summed E-state index contributed by atoms with van der Waals surface area (Å²) in [5.74, 6) is 1.96. The SMILES string of the molecule is COc1ccc2nc(CNC3CCC(=O)N(Cc4ccccc4)CC3)[nH]c2c1. The van der Waals surface area contributed by atoms with Crippen LogP contribution in [0.25, 0.3) is 11.0 Å². The molecule has 3 aromatic rings. The van der Waals surface area contributed by atoms with Crippen LogP contribution in [0, 0.1) is 0 Å². The number of carbonyl (C=O) groups excluding carboxylic acids is 1. The molecule has 1 aliphatic heterocycles. The molecule has 28 heavy (non-hydrogen) atoms. The van der Waals surface area contributed by atoms with E-state index in [1.165, 1.54) is 5.56 Å². The normalized spacial score (nSPS) is 17.7. The van der Waals surface area contributed by atoms with Crippen molar-refractivity contribution >= 4 is 16.9 Å². The first-order valence-corrected chi connectivity index (χ1v) is 9.79. The van der Waals surface area contributed by atoms with Crippen molar-refractivity contribution in [2.45, 2.75) is 38.4 Å². The molecular weight excluding hydrogens is 352 g/mol. The van der Waals surface area contributed by atoms with Crippen LogP contribution in [0.5, 0.6) is 5.75 Å². The number of nitrogens with one attached hydrogen (secondary N) is 2. The maximum atomic E-state index is 12.5. The van der Waals surface area contributed by atoms with Gasteiger partial charge in [0.25, 0.3) is 0 Å². The van der Waals surface area contributed by atoms with Crippen molar-refractivity contribution in [1.29, 1.82) is 0 Å². The molecule has 0 radical (unpaired) electrons. The first-order chi connectivity index (χ1) is 13.7. The van der Waals surface area contributed by atoms with Gasteiger partial charge in [0.2, 0.25) is 5.91 Å². The minimum absolute atomic E-state index is 0.240. The van der Waals surface area contributed by atoms with Gasteiger partial charge in [-0.05, 0) is 30.5 Å². The third kappa shape index (κ3) is 4.34. The second-order valence-electron chi connectivity index (χ2n) is 7.27. The number of rotatable bonds is 6. The molecule has 2 N–H and O–H groups in total. The van der Waals surface area contributed by atoms with E-state index in [0.717, 1.165) is 42.0 Å². The standard InChI is InChI=1S/C22H26N4O2/c1-28-18-8-9-19-20(13-18)25-21(24-19)14-23-17-7-10-22(27)26(12-11-17)15-16-5-3-2-4-6-16/h2-6,8-9,13,17,23H,7,10-12,14-15H2,1H3,(H,24,25). The molecule has 1 aromatic heterocycles. The van der Waals surface area contributed by atoms with Crippen molar-refractivity contribution in [2.24, 2.45) is 0 Å². The lowest BCUT2D eigenvalue weighted by molar-refractivity contribution is -0.131. The minimum atomic E-state index is 0.240. The first-order valence-electron chi connectivity index (χ1n) is 9.79. The molecule has 0 spiro atoms. The van der Waals surface area contributed by atoms with Crippen LogP contribution in [-0.2, 0) is 17.9 Å². The summed E-state index contributed by atoms with van der Waals surface area (Å²) in [7, 11) is 1.66. The zero-order chi connectivity index (χ0) is 19.3. The predicted molar refractivity (Wildman–Crippen MR) is 109 cm³/mol. The third-order valence-electron chi connectivity index (χ3n) is 5.32. The van der Waals surface area contributed by atoms with Crippen molar-refractivity contribution < 1.29 is 9.53 Å². The highest BCUT2D eigenvalue weighted by atomic mass is 16.5. The Bertz CT molecular complexity index is 938. The second-order valence-corrected chi connectivity index (χ2v) is 7.27. The molecule has 2 aromatic carbocycles. The van der Waals surface area contributed by atoms with E-state index >= 15 is 0 Å². The molecule has 0 bridgehead atoms. The maximum Gasteiger partial charge on any atom is 0.222 e. The monoisotopic (exact) mass is 378 g/mol. The molecule has 1 aliphatic rings. The Balaban J connectivity index is 1.34. The summed E-state index contributed by atoms with van der Waals surface area (Å²) in [6.45, 7) is 2.13. The highest BCUT2D eigenvalue weighted by Gasteiger charge is 2.22. The molecule has 6 nitrogen and oxygen atoms in total. The van der Waals surface area contributed by atoms with Crippen LogP contribution in [0.2, 0.25) is 0 Å². The topological polar surface area (TPSA) is 70.2 Å². The van der Waals surface area contributed by atoms with Crippen molar-refractivity contribution in [3.8, 4) is 5.75 Å². The van der Waals surface area contributed by atoms with E-state index in [1.54, 1.807) is 7.11 Å². The van der Waals surface area contributed by atoms with Gasteiger partial charge >= 0.3 is 0 Å². The first kappa shape index (κ1) is 18.5. The lowest BCUT2D eigenvalue weighted by Gasteiger charge is -2.21. The van der Waals surface area contributed by atoms with Crippen molar-refractivity contribution in [1.82, 2.24) is 20.2 Å². The largest absolute Gasteiger partial charge is 0.497 e. The molecule has 4 rings (SSSR count). The van der Waals surface area contributed by atoms with E-state index in [2.05, 4.69) is 27.4 Å². The van der Waals surface area contributed by atoms with Gasteiger partial charge in [0.1, 0.15) is 11.6 Å². The molecule has 2 heterocycles. The molecule has 1 saturated heterocycles. The predicted octanol–water partition coefficient (Wildman–Crippen LogP) is 3.24. The number of amides is 1. The van der Waals surface area contributed by atoms with E-state index in [0.29, 0.717) is 25.6 Å². The van der Waals surface area contributed by atoms with Crippen LogP contribution in [0.4, 0.5) is 0 Å². The number of hydrogen-bond acceptors (Lipinski definition) is 4. The number of imidazole rings is 1. The number of carbonyl (C=O) groups is 1. The fourth-order valence-corrected chi connectivity index (χ4v) is 3.70. The Morgan fingerprint density at radius 1 is 1.21 bits per heavy atom. The average Bonchev–Trinajstić information content (AvgIpc) is 3.06. The van der Waals surface area contributed by atoms with Crippen LogP contribution in [0.1, 0.15) is 30.7 Å². The minimum Gasteiger partial charge on any atom is -0.497 e. The fraction of sp³-hybridized carbons (Fsp3) is 0.364. The third-order valence-corrected chi connectivity index (χ3v) is 5.32. The summed E-state index contributed by atoms with van der Waals surface area (Å²) >= 11 is 0. The number of benzene rings is 2. The Kier molecular flexibility index (Phi) is 5.58. The van der Waals surface area contributed by atoms with Crippen LogP contribution in [-0.4, -0.2) is 40.5 Å². The molecule has 0 saturated carbocycles. The van der Waals surface area contributed by atoms with Crippen LogP contribution in [0.15, 0.2) is 48.5 Å². The van der Waals surface area contributed by atoms with Crippen LogP contribution >= 0.6 is 0 Å². The van der Waals surface area contributed by atoms with Gasteiger partial charge in [-0.2, -0.15) is 0 Å². The molecule has 1 fully saturated rings. The number of nitrogens with zero attached hydrogens (tertiary/aromatic N) is 2. The molecule has 1 unspecified atom stereocenters. The van der Waals surface area contributed by atoms with E-state index < -0.39 is 0 Å². The summed E-state index contributed by atoms with van der Waals surface area (Å²) in [6, 6.07) is 16.3. The summed E-state index contributed by atoms with van der Waals surface area (Å²) in [5, 5.41) is 3.57. The van der Waals surface area contributed by atoms with Gasteiger partial charge in [0, 0.05) is 31.6 Å². The summed E-state index contributed by atoms with van der Waals surface area (Å²) < 4.78 is 5.26. The number of methoxy groups -OCH3 is 1. The number of hydrogen-bond donors (Lipinski definition) is 2. The number of aromatic nitrogens is 2. The molecule has 6 heteroatoms. The van der Waals surface area contributed by atoms with Gasteiger partial charge in [-0.3, -0.25) is 4.79 Å². The quantitative estimate of drug-likeness (QED) is 0.691. The Morgan fingerprint density at radius 2 is 2.07 bits per heavy atom. The number of likely N-dealkylation sites (tertiary alicyclic amines) is 1. The van der Waals surface area contributed by atoms with Crippen molar-refractivity contribution in [3.63, 3.8) is 0 Å². The number of H-pyrrole nitrogens is 1. The molecule has 0 aliphatic carbocycles. The number of ether oxygens (including phenoxy) is 1. The van der Waals surface area contributed by atoms with Gasteiger partial charge in [0.15, 0.2) is 0 Å². The van der Waals surface area contributed by atoms with E-state index in [9.17, 15) is 4.79 Å². The van der Waals surface area contributed by atoms with Gasteiger partial charge < -0.3 is 19.9 Å². The van der Waals surface area contributed by atoms with E-state index in [1.807, 2.05) is 41.3 Å². The molecule has 1 amide bonds. The van der Waals surface area contributed by atoms with Crippen molar-refractivity contribution in [3.05, 3.63) is 59.9 Å². The molecule has 1 atom stereocenters. The average molecular weight is 378 g/mol. The van der Waals surface area contributed by atoms with Crippen molar-refractivity contribution in [2.75, 3.05) is 13.7 Å². The lowest BCUT2D eigenvalue weighted by Crippen LogP contribution is -2.32. The zero-order valence-corrected chi connectivity index (χ0v) is 16.1. The lowest BCUT2D eigenvalue weighted by atomic mass is 10.1. The van der Waals surface area contributed by atoms with Gasteiger partial charge in [-0.25, -0.2) is 4.98 Å². The van der Waals surface area contributed by atoms with Crippen LogP contribution < -0.4 is 10.1 Å². The Labute approximate surface area is 164 Å². The summed E-state index contributed by atoms with van der Waals surface area (Å²) in [5.41, 5.74) is 3.09. The fourth-order valence-electron chi connectivity index (χ4n) is 3.70. The number of aromatic amines is 1. The highest BCUT2D eigenvalue weighted by Crippen LogP contribution is 2.19. The Hall–Kier alpha value is -2.86. The zero-order valence-electron chi connectivity index (χ0n) is 16.1. The highest BCUT2D eigenvalue weighted by molar-refractivity contribution is 5.77. The van der Waals surface area contributed by atoms with Gasteiger partial charge in [0.05, 0.1) is 24.7 Å². The van der Waals surface area contributed by atoms with E-state index in [-0.39, 0.29) is 5.91 Å². The number of fused-ring (bicyclic) bond motifs is 1. The van der Waals surface area contributed by atoms with Gasteiger partial charge in [-0.15, -0.1) is 0 Å². The summed E-state index contributed by atoms with van der Waals surface area (Å²) in [6.07, 6.45) is 2.40. The summed E-state index contributed by atoms with van der Waals surface area (Å²) in [4.78, 5) is 22.4. The maximum absolute atomic E-state index is 12.5. The Morgan fingerprint density at radius 3 is 2.89 bits per heavy atom. The van der Waals surface area contributed by atoms with E-state index in [4.69, 9.17) is 4.74 Å².